The fraction of sp³-hybridized carbons (Fsp3) is 0.308. The summed E-state index contributed by atoms with van der Waals surface area (Å²) < 4.78 is 40.2. The van der Waals surface area contributed by atoms with Crippen molar-refractivity contribution >= 4 is 0 Å². The van der Waals surface area contributed by atoms with Gasteiger partial charge in [0.25, 0.3) is 11.8 Å². The lowest BCUT2D eigenvalue weighted by Gasteiger charge is -2.13. The zero-order valence-electron chi connectivity index (χ0n) is 20.3. The number of benzene rings is 1. The van der Waals surface area contributed by atoms with Crippen molar-refractivity contribution in [2.24, 2.45) is 7.05 Å². The van der Waals surface area contributed by atoms with Crippen molar-refractivity contribution < 1.29 is 18.3 Å². The van der Waals surface area contributed by atoms with Crippen molar-refractivity contribution in [3.63, 3.8) is 0 Å². The highest BCUT2D eigenvalue weighted by Gasteiger charge is 2.28. The molecule has 0 fully saturated rings. The zero-order chi connectivity index (χ0) is 25.2. The van der Waals surface area contributed by atoms with Gasteiger partial charge in [-0.3, -0.25) is 4.98 Å². The molecule has 35 heavy (non-hydrogen) atoms. The fourth-order valence-corrected chi connectivity index (χ4v) is 3.64. The predicted molar refractivity (Wildman–Crippen MR) is 128 cm³/mol. The second-order valence-electron chi connectivity index (χ2n) is 8.59. The molecular weight excluding hydrogens is 452 g/mol. The van der Waals surface area contributed by atoms with E-state index in [1.807, 2.05) is 36.4 Å². The lowest BCUT2D eigenvalue weighted by Crippen LogP contribution is -2.07. The summed E-state index contributed by atoms with van der Waals surface area (Å²) in [6.45, 7) is 5.20. The molecule has 0 amide bonds. The Hall–Kier alpha value is -3.88. The summed E-state index contributed by atoms with van der Waals surface area (Å²) in [4.78, 5) is 17.6. The summed E-state index contributed by atoms with van der Waals surface area (Å²) in [7, 11) is 3.23. The maximum Gasteiger partial charge on any atom is 0.288 e. The Bertz CT molecular complexity index is 1310. The summed E-state index contributed by atoms with van der Waals surface area (Å²) in [6.07, 6.45) is 4.68. The third-order valence-electron chi connectivity index (χ3n) is 5.48. The van der Waals surface area contributed by atoms with Gasteiger partial charge in [0, 0.05) is 37.5 Å². The van der Waals surface area contributed by atoms with Crippen LogP contribution in [0.15, 0.2) is 55.0 Å². The third-order valence-corrected chi connectivity index (χ3v) is 5.48. The van der Waals surface area contributed by atoms with Gasteiger partial charge in [-0.25, -0.2) is 9.97 Å². The molecule has 0 atom stereocenters. The van der Waals surface area contributed by atoms with Crippen molar-refractivity contribution in [2.45, 2.75) is 39.2 Å². The van der Waals surface area contributed by atoms with Crippen LogP contribution in [0.2, 0.25) is 0 Å². The third kappa shape index (κ3) is 5.29. The first-order valence-electron chi connectivity index (χ1n) is 11.2. The molecule has 9 heteroatoms. The van der Waals surface area contributed by atoms with Crippen LogP contribution in [0.4, 0.5) is 8.78 Å². The summed E-state index contributed by atoms with van der Waals surface area (Å²) in [6, 6.07) is 11.2. The molecule has 0 aliphatic heterocycles. The predicted octanol–water partition coefficient (Wildman–Crippen LogP) is 5.76. The minimum absolute atomic E-state index is 0.207. The van der Waals surface area contributed by atoms with Gasteiger partial charge in [-0.05, 0) is 23.6 Å². The molecule has 7 nitrogen and oxygen atoms in total. The van der Waals surface area contributed by atoms with Crippen LogP contribution in [0.3, 0.4) is 0 Å². The Morgan fingerprint density at radius 2 is 1.80 bits per heavy atom. The number of halogens is 2. The Labute approximate surface area is 202 Å². The van der Waals surface area contributed by atoms with E-state index in [0.29, 0.717) is 23.3 Å². The second kappa shape index (κ2) is 9.77. The largest absolute Gasteiger partial charge is 0.490 e. The number of rotatable bonds is 8. The van der Waals surface area contributed by atoms with Gasteiger partial charge in [-0.15, -0.1) is 0 Å². The van der Waals surface area contributed by atoms with Crippen LogP contribution in [0.1, 0.15) is 43.6 Å². The Kier molecular flexibility index (Phi) is 6.77. The monoisotopic (exact) mass is 479 g/mol. The van der Waals surface area contributed by atoms with E-state index in [0.717, 1.165) is 29.3 Å². The highest BCUT2D eigenvalue weighted by Crippen LogP contribution is 2.31. The molecule has 182 valence electrons. The summed E-state index contributed by atoms with van der Waals surface area (Å²) in [5, 5.41) is 0. The number of hydrogen-bond donors (Lipinski definition) is 0. The number of alkyl halides is 2. The van der Waals surface area contributed by atoms with E-state index >= 15 is 0 Å². The van der Waals surface area contributed by atoms with Gasteiger partial charge in [-0.1, -0.05) is 38.1 Å². The molecule has 0 bridgehead atoms. The number of ether oxygens (including phenoxy) is 2. The van der Waals surface area contributed by atoms with Crippen LogP contribution >= 0.6 is 0 Å². The van der Waals surface area contributed by atoms with Gasteiger partial charge >= 0.3 is 0 Å². The van der Waals surface area contributed by atoms with Crippen LogP contribution in [0, 0.1) is 0 Å². The second-order valence-corrected chi connectivity index (χ2v) is 8.59. The first-order chi connectivity index (χ1) is 16.7. The maximum atomic E-state index is 13.6. The van der Waals surface area contributed by atoms with E-state index in [2.05, 4.69) is 33.8 Å². The fourth-order valence-electron chi connectivity index (χ4n) is 3.64. The van der Waals surface area contributed by atoms with Gasteiger partial charge in [0.2, 0.25) is 0 Å². The number of nitrogens with zero attached hydrogens (tertiary/aromatic N) is 5. The number of aryl methyl sites for hydroxylation is 1. The van der Waals surface area contributed by atoms with Crippen LogP contribution in [-0.4, -0.2) is 31.6 Å². The Balaban J connectivity index is 1.54. The van der Waals surface area contributed by atoms with Crippen molar-refractivity contribution in [2.75, 3.05) is 7.11 Å². The van der Waals surface area contributed by atoms with Crippen LogP contribution in [0.25, 0.3) is 22.8 Å². The first-order valence-corrected chi connectivity index (χ1v) is 11.2. The van der Waals surface area contributed by atoms with Gasteiger partial charge in [0.05, 0.1) is 19.0 Å². The lowest BCUT2D eigenvalue weighted by atomic mass is 10.0. The summed E-state index contributed by atoms with van der Waals surface area (Å²) >= 11 is 0. The molecule has 0 radical (unpaired) electrons. The SMILES string of the molecule is COc1cnc(-c2cccnc2C(C)C)nc1OCc1ccc(-c2nc(C(C)(F)F)cn2C)cc1. The molecular formula is C26H27F2N5O2. The molecule has 0 aliphatic carbocycles. The van der Waals surface area contributed by atoms with Gasteiger partial charge in [-0.2, -0.15) is 13.8 Å². The molecule has 4 rings (SSSR count). The topological polar surface area (TPSA) is 75.0 Å². The summed E-state index contributed by atoms with van der Waals surface area (Å²) in [5.74, 6) is -1.08. The molecule has 3 aromatic heterocycles. The quantitative estimate of drug-likeness (QED) is 0.320. The van der Waals surface area contributed by atoms with E-state index in [9.17, 15) is 8.78 Å². The first kappa shape index (κ1) is 24.3. The van der Waals surface area contributed by atoms with E-state index in [1.165, 1.54) is 13.3 Å². The molecule has 0 saturated heterocycles. The van der Waals surface area contributed by atoms with E-state index in [1.54, 1.807) is 24.0 Å². The van der Waals surface area contributed by atoms with Crippen LogP contribution in [-0.2, 0) is 19.6 Å². The van der Waals surface area contributed by atoms with Crippen LogP contribution < -0.4 is 9.47 Å². The number of imidazole rings is 1. The number of pyridine rings is 1. The van der Waals surface area contributed by atoms with E-state index in [4.69, 9.17) is 9.47 Å². The molecule has 0 N–H and O–H groups in total. The number of methoxy groups -OCH3 is 1. The highest BCUT2D eigenvalue weighted by molar-refractivity contribution is 5.60. The maximum absolute atomic E-state index is 13.6. The van der Waals surface area contributed by atoms with Gasteiger partial charge in [0.1, 0.15) is 18.1 Å². The number of aromatic nitrogens is 5. The summed E-state index contributed by atoms with van der Waals surface area (Å²) in [5.41, 5.74) is 3.08. The smallest absolute Gasteiger partial charge is 0.288 e. The molecule has 3 heterocycles. The molecule has 1 aromatic carbocycles. The van der Waals surface area contributed by atoms with Crippen molar-refractivity contribution in [3.8, 4) is 34.4 Å². The van der Waals surface area contributed by atoms with E-state index in [-0.39, 0.29) is 18.2 Å². The molecule has 0 aliphatic rings. The molecule has 0 unspecified atom stereocenters. The van der Waals surface area contributed by atoms with Gasteiger partial charge in [0.15, 0.2) is 11.6 Å². The molecule has 0 spiro atoms. The van der Waals surface area contributed by atoms with E-state index < -0.39 is 5.92 Å². The lowest BCUT2D eigenvalue weighted by molar-refractivity contribution is 0.0131. The number of hydrogen-bond acceptors (Lipinski definition) is 6. The van der Waals surface area contributed by atoms with Crippen molar-refractivity contribution in [1.82, 2.24) is 24.5 Å². The van der Waals surface area contributed by atoms with Gasteiger partial charge < -0.3 is 14.0 Å². The highest BCUT2D eigenvalue weighted by atomic mass is 19.3. The van der Waals surface area contributed by atoms with Crippen LogP contribution in [0.5, 0.6) is 11.6 Å². The average molecular weight is 480 g/mol. The van der Waals surface area contributed by atoms with Crippen molar-refractivity contribution in [1.29, 1.82) is 0 Å². The average Bonchev–Trinajstić information content (AvgIpc) is 3.25. The standard InChI is InChI=1S/C26H27F2N5O2/c1-16(2)22-19(7-6-12-29-22)23-30-13-20(34-5)25(32-23)35-15-17-8-10-18(11-9-17)24-31-21(14-33(24)4)26(3,27)28/h6-14,16H,15H2,1-5H3. The Morgan fingerprint density at radius 3 is 2.43 bits per heavy atom. The zero-order valence-corrected chi connectivity index (χ0v) is 20.3. The Morgan fingerprint density at radius 1 is 1.06 bits per heavy atom. The normalized spacial score (nSPS) is 11.7. The minimum Gasteiger partial charge on any atom is -0.490 e. The minimum atomic E-state index is -3.00. The molecule has 4 aromatic rings. The molecule has 0 saturated carbocycles. The van der Waals surface area contributed by atoms with Crippen molar-refractivity contribution in [3.05, 3.63) is 71.9 Å².